The molecule has 3 aromatic carbocycles. The normalized spacial score (nSPS) is 17.4. The summed E-state index contributed by atoms with van der Waals surface area (Å²) in [6.07, 6.45) is 1.12. The van der Waals surface area contributed by atoms with Crippen molar-refractivity contribution in [2.45, 2.75) is 36.5 Å². The van der Waals surface area contributed by atoms with E-state index in [4.69, 9.17) is 23.2 Å². The summed E-state index contributed by atoms with van der Waals surface area (Å²) in [6.45, 7) is 1.87. The minimum Gasteiger partial charge on any atom is -0.308 e. The van der Waals surface area contributed by atoms with E-state index in [1.807, 2.05) is 6.92 Å². The Morgan fingerprint density at radius 3 is 2.21 bits per heavy atom. The van der Waals surface area contributed by atoms with Gasteiger partial charge in [0.1, 0.15) is 0 Å². The smallest absolute Gasteiger partial charge is 0.308 e. The lowest BCUT2D eigenvalue weighted by Crippen LogP contribution is -2.51. The van der Waals surface area contributed by atoms with Gasteiger partial charge in [-0.2, -0.15) is 0 Å². The van der Waals surface area contributed by atoms with Crippen LogP contribution in [0.1, 0.15) is 31.7 Å². The summed E-state index contributed by atoms with van der Waals surface area (Å²) in [5, 5.41) is 8.20. The number of hydrogen-bond acceptors (Lipinski definition) is 5. The number of carbonyl (C=O) groups is 3. The molecule has 4 amide bonds. The third-order valence-electron chi connectivity index (χ3n) is 6.34. The summed E-state index contributed by atoms with van der Waals surface area (Å²) in [7, 11) is -4.00. The molecule has 0 bridgehead atoms. The molecule has 4 rings (SSSR count). The molecule has 12 heteroatoms. The predicted molar refractivity (Wildman–Crippen MR) is 147 cm³/mol. The summed E-state index contributed by atoms with van der Waals surface area (Å²) >= 11 is 11.8. The number of rotatable bonds is 7. The first kappa shape index (κ1) is 27.4. The average molecular weight is 575 g/mol. The number of amides is 4. The van der Waals surface area contributed by atoms with Gasteiger partial charge >= 0.3 is 6.03 Å². The first-order chi connectivity index (χ1) is 18.0. The SMILES string of the molecule is CCC1(c2ccc(NS(=O)(=O)c3cccc(NC(=O)Nc4ccc(Cl)c(Cl)c4)c3)cc2)CCC(=O)NC1=O. The van der Waals surface area contributed by atoms with E-state index in [2.05, 4.69) is 20.7 Å². The van der Waals surface area contributed by atoms with Crippen LogP contribution in [0.25, 0.3) is 0 Å². The highest BCUT2D eigenvalue weighted by molar-refractivity contribution is 7.92. The molecule has 1 unspecified atom stereocenters. The zero-order valence-corrected chi connectivity index (χ0v) is 22.5. The van der Waals surface area contributed by atoms with Gasteiger partial charge in [-0.3, -0.25) is 19.6 Å². The van der Waals surface area contributed by atoms with Gasteiger partial charge in [0.05, 0.1) is 20.4 Å². The lowest BCUT2D eigenvalue weighted by molar-refractivity contribution is -0.138. The van der Waals surface area contributed by atoms with E-state index >= 15 is 0 Å². The Balaban J connectivity index is 1.46. The first-order valence-corrected chi connectivity index (χ1v) is 13.9. The van der Waals surface area contributed by atoms with E-state index < -0.39 is 21.5 Å². The van der Waals surface area contributed by atoms with Crippen LogP contribution in [0.5, 0.6) is 0 Å². The molecule has 0 aromatic heterocycles. The van der Waals surface area contributed by atoms with Crippen molar-refractivity contribution in [3.05, 3.63) is 82.3 Å². The topological polar surface area (TPSA) is 133 Å². The standard InChI is InChI=1S/C26H24Cl2N4O5S/c1-2-26(13-12-23(33)31-24(26)34)16-6-8-17(9-7-16)32-38(36,37)20-5-3-4-18(14-20)29-25(35)30-19-10-11-21(27)22(28)15-19/h3-11,14-15,32H,2,12-13H2,1H3,(H2,29,30,35)(H,31,33,34). The van der Waals surface area contributed by atoms with Crippen LogP contribution in [0.4, 0.5) is 21.9 Å². The van der Waals surface area contributed by atoms with Gasteiger partial charge in [0.15, 0.2) is 0 Å². The van der Waals surface area contributed by atoms with Crippen LogP contribution in [0.2, 0.25) is 10.0 Å². The number of carbonyl (C=O) groups excluding carboxylic acids is 3. The fraction of sp³-hybridized carbons (Fsp3) is 0.192. The van der Waals surface area contributed by atoms with Crippen LogP contribution in [-0.2, 0) is 25.0 Å². The predicted octanol–water partition coefficient (Wildman–Crippen LogP) is 5.52. The molecule has 1 heterocycles. The highest BCUT2D eigenvalue weighted by atomic mass is 35.5. The molecule has 3 aromatic rings. The van der Waals surface area contributed by atoms with Crippen molar-refractivity contribution in [3.63, 3.8) is 0 Å². The molecule has 0 aliphatic carbocycles. The highest BCUT2D eigenvalue weighted by Gasteiger charge is 2.42. The van der Waals surface area contributed by atoms with Gasteiger partial charge in [-0.15, -0.1) is 0 Å². The largest absolute Gasteiger partial charge is 0.323 e. The van der Waals surface area contributed by atoms with Gasteiger partial charge in [0.2, 0.25) is 11.8 Å². The van der Waals surface area contributed by atoms with Crippen molar-refractivity contribution < 1.29 is 22.8 Å². The summed E-state index contributed by atoms with van der Waals surface area (Å²) in [5.41, 5.74) is 0.815. The van der Waals surface area contributed by atoms with E-state index in [9.17, 15) is 22.8 Å². The highest BCUT2D eigenvalue weighted by Crippen LogP contribution is 2.36. The molecular formula is C26H24Cl2N4O5S. The Hall–Kier alpha value is -3.60. The quantitative estimate of drug-likeness (QED) is 0.275. The summed E-state index contributed by atoms with van der Waals surface area (Å²) in [4.78, 5) is 36.5. The fourth-order valence-electron chi connectivity index (χ4n) is 4.25. The van der Waals surface area contributed by atoms with Gasteiger partial charge < -0.3 is 10.6 Å². The van der Waals surface area contributed by atoms with Gasteiger partial charge in [-0.05, 0) is 66.9 Å². The van der Waals surface area contributed by atoms with Gasteiger partial charge in [0, 0.05) is 23.5 Å². The van der Waals surface area contributed by atoms with Gasteiger partial charge in [0.25, 0.3) is 10.0 Å². The summed E-state index contributed by atoms with van der Waals surface area (Å²) < 4.78 is 28.6. The van der Waals surface area contributed by atoms with Crippen molar-refractivity contribution in [2.24, 2.45) is 0 Å². The van der Waals surface area contributed by atoms with Crippen LogP contribution in [0.3, 0.4) is 0 Å². The molecule has 1 aliphatic heterocycles. The monoisotopic (exact) mass is 574 g/mol. The zero-order valence-electron chi connectivity index (χ0n) is 20.2. The van der Waals surface area contributed by atoms with Crippen molar-refractivity contribution >= 4 is 68.1 Å². The lowest BCUT2D eigenvalue weighted by Gasteiger charge is -2.35. The minimum absolute atomic E-state index is 0.0656. The van der Waals surface area contributed by atoms with E-state index in [0.717, 1.165) is 0 Å². The Morgan fingerprint density at radius 1 is 0.921 bits per heavy atom. The molecule has 9 nitrogen and oxygen atoms in total. The molecule has 0 saturated carbocycles. The molecule has 0 radical (unpaired) electrons. The Kier molecular flexibility index (Phi) is 7.96. The van der Waals surface area contributed by atoms with E-state index in [1.54, 1.807) is 36.4 Å². The summed E-state index contributed by atoms with van der Waals surface area (Å²) in [5.74, 6) is -0.649. The van der Waals surface area contributed by atoms with Crippen molar-refractivity contribution in [2.75, 3.05) is 15.4 Å². The van der Waals surface area contributed by atoms with Crippen molar-refractivity contribution in [1.82, 2.24) is 5.32 Å². The van der Waals surface area contributed by atoms with Crippen molar-refractivity contribution in [3.8, 4) is 0 Å². The van der Waals surface area contributed by atoms with E-state index in [1.165, 1.54) is 30.3 Å². The number of anilines is 3. The van der Waals surface area contributed by atoms with Crippen molar-refractivity contribution in [1.29, 1.82) is 0 Å². The van der Waals surface area contributed by atoms with Gasteiger partial charge in [-0.25, -0.2) is 13.2 Å². The first-order valence-electron chi connectivity index (χ1n) is 11.6. The average Bonchev–Trinajstić information content (AvgIpc) is 2.87. The second-order valence-electron chi connectivity index (χ2n) is 8.73. The molecule has 1 aliphatic rings. The van der Waals surface area contributed by atoms with Crippen LogP contribution >= 0.6 is 23.2 Å². The van der Waals surface area contributed by atoms with E-state index in [-0.39, 0.29) is 33.8 Å². The second kappa shape index (κ2) is 11.0. The molecular weight excluding hydrogens is 551 g/mol. The maximum atomic E-state index is 13.0. The lowest BCUT2D eigenvalue weighted by atomic mass is 9.72. The number of piperidine rings is 1. The maximum Gasteiger partial charge on any atom is 0.323 e. The number of benzene rings is 3. The van der Waals surface area contributed by atoms with Crippen LogP contribution in [0, 0.1) is 0 Å². The minimum atomic E-state index is -4.00. The molecule has 1 atom stereocenters. The number of imide groups is 1. The van der Waals surface area contributed by atoms with Crippen LogP contribution in [-0.4, -0.2) is 26.3 Å². The molecule has 1 fully saturated rings. The number of halogens is 2. The molecule has 38 heavy (non-hydrogen) atoms. The number of nitrogens with one attached hydrogen (secondary N) is 4. The number of hydrogen-bond donors (Lipinski definition) is 4. The van der Waals surface area contributed by atoms with E-state index in [0.29, 0.717) is 34.8 Å². The fourth-order valence-corrected chi connectivity index (χ4v) is 5.65. The Bertz CT molecular complexity index is 1510. The van der Waals surface area contributed by atoms with Crippen LogP contribution in [0.15, 0.2) is 71.6 Å². The van der Waals surface area contributed by atoms with Gasteiger partial charge in [-0.1, -0.05) is 48.3 Å². The Morgan fingerprint density at radius 2 is 1.58 bits per heavy atom. The second-order valence-corrected chi connectivity index (χ2v) is 11.2. The van der Waals surface area contributed by atoms with Crippen LogP contribution < -0.4 is 20.7 Å². The molecule has 0 spiro atoms. The third-order valence-corrected chi connectivity index (χ3v) is 8.46. The summed E-state index contributed by atoms with van der Waals surface area (Å²) in [6, 6.07) is 16.3. The maximum absolute atomic E-state index is 13.0. The molecule has 4 N–H and O–H groups in total. The third kappa shape index (κ3) is 5.93. The Labute approximate surface area is 230 Å². The number of sulfonamides is 1. The zero-order chi connectivity index (χ0) is 27.5. The number of urea groups is 1. The molecule has 1 saturated heterocycles. The molecule has 198 valence electrons.